The van der Waals surface area contributed by atoms with E-state index in [1.165, 1.54) is 5.56 Å². The predicted molar refractivity (Wildman–Crippen MR) is 152 cm³/mol. The van der Waals surface area contributed by atoms with Crippen LogP contribution in [-0.2, 0) is 16.8 Å². The second-order valence-electron chi connectivity index (χ2n) is 11.2. The van der Waals surface area contributed by atoms with Crippen molar-refractivity contribution in [2.75, 3.05) is 26.3 Å². The molecule has 210 valence electrons. The number of aromatic nitrogens is 2. The number of rotatable bonds is 10. The average Bonchev–Trinajstić information content (AvgIpc) is 3.38. The van der Waals surface area contributed by atoms with E-state index >= 15 is 0 Å². The number of hydrogen-bond donors (Lipinski definition) is 1. The third kappa shape index (κ3) is 7.38. The van der Waals surface area contributed by atoms with Gasteiger partial charge < -0.3 is 19.3 Å². The molecule has 0 spiro atoms. The van der Waals surface area contributed by atoms with Gasteiger partial charge in [-0.2, -0.15) is 4.98 Å². The molecule has 1 aliphatic rings. The fourth-order valence-electron chi connectivity index (χ4n) is 4.85. The molecule has 0 aliphatic carbocycles. The summed E-state index contributed by atoms with van der Waals surface area (Å²) in [6.07, 6.45) is 1.59. The molecule has 1 amide bonds. The van der Waals surface area contributed by atoms with E-state index in [4.69, 9.17) is 14.0 Å². The van der Waals surface area contributed by atoms with E-state index in [1.807, 2.05) is 51.1 Å². The van der Waals surface area contributed by atoms with Crippen molar-refractivity contribution in [1.82, 2.24) is 20.4 Å². The number of amides is 1. The van der Waals surface area contributed by atoms with Crippen LogP contribution in [0, 0.1) is 5.92 Å². The molecule has 1 fully saturated rings. The second kappa shape index (κ2) is 12.6. The number of piperidine rings is 1. The predicted octanol–water partition coefficient (Wildman–Crippen LogP) is 5.92. The van der Waals surface area contributed by atoms with Crippen molar-refractivity contribution < 1.29 is 18.8 Å². The number of carbonyl (C=O) groups excluding carboxylic acids is 1. The first-order valence-corrected chi connectivity index (χ1v) is 14.0. The minimum atomic E-state index is -0.125. The van der Waals surface area contributed by atoms with Crippen LogP contribution in [0.2, 0.25) is 0 Å². The number of nitrogens with zero attached hydrogens (tertiary/aromatic N) is 3. The molecule has 1 aromatic heterocycles. The molecule has 1 saturated heterocycles. The van der Waals surface area contributed by atoms with Gasteiger partial charge in [0.05, 0.1) is 25.8 Å². The molecular formula is C31H42N4O4. The van der Waals surface area contributed by atoms with Gasteiger partial charge in [-0.3, -0.25) is 9.69 Å². The number of hydrogen-bond acceptors (Lipinski definition) is 7. The zero-order valence-corrected chi connectivity index (χ0v) is 24.1. The molecule has 39 heavy (non-hydrogen) atoms. The number of likely N-dealkylation sites (tertiary alicyclic amines) is 1. The summed E-state index contributed by atoms with van der Waals surface area (Å²) in [4.78, 5) is 19.9. The fraction of sp³-hybridized carbons (Fsp3) is 0.516. The van der Waals surface area contributed by atoms with Crippen molar-refractivity contribution >= 4 is 5.91 Å². The van der Waals surface area contributed by atoms with Gasteiger partial charge in [0.1, 0.15) is 0 Å². The van der Waals surface area contributed by atoms with Gasteiger partial charge in [-0.25, -0.2) is 0 Å². The van der Waals surface area contributed by atoms with Crippen molar-refractivity contribution in [2.24, 2.45) is 5.92 Å². The molecule has 1 aliphatic heterocycles. The zero-order chi connectivity index (χ0) is 28.0. The number of benzene rings is 2. The van der Waals surface area contributed by atoms with Crippen LogP contribution >= 0.6 is 0 Å². The van der Waals surface area contributed by atoms with Crippen molar-refractivity contribution in [3.8, 4) is 22.9 Å². The quantitative estimate of drug-likeness (QED) is 0.345. The Morgan fingerprint density at radius 3 is 2.36 bits per heavy atom. The van der Waals surface area contributed by atoms with Gasteiger partial charge in [0.2, 0.25) is 17.6 Å². The van der Waals surface area contributed by atoms with Gasteiger partial charge in [0.25, 0.3) is 0 Å². The maximum absolute atomic E-state index is 13.0. The lowest BCUT2D eigenvalue weighted by atomic mass is 9.87. The Morgan fingerprint density at radius 1 is 1.05 bits per heavy atom. The maximum atomic E-state index is 13.0. The van der Waals surface area contributed by atoms with E-state index in [0.717, 1.165) is 42.8 Å². The summed E-state index contributed by atoms with van der Waals surface area (Å²) in [5, 5.41) is 7.38. The maximum Gasteiger partial charge on any atom is 0.241 e. The molecule has 8 heteroatoms. The Morgan fingerprint density at radius 2 is 1.72 bits per heavy atom. The van der Waals surface area contributed by atoms with Gasteiger partial charge >= 0.3 is 0 Å². The van der Waals surface area contributed by atoms with Gasteiger partial charge in [-0.1, -0.05) is 56.3 Å². The van der Waals surface area contributed by atoms with E-state index in [-0.39, 0.29) is 23.3 Å². The van der Waals surface area contributed by atoms with Crippen molar-refractivity contribution in [2.45, 2.75) is 72.4 Å². The van der Waals surface area contributed by atoms with Gasteiger partial charge in [0, 0.05) is 11.5 Å². The van der Waals surface area contributed by atoms with Gasteiger partial charge in [0.15, 0.2) is 11.5 Å². The number of nitrogens with one attached hydrogen (secondary N) is 1. The average molecular weight is 535 g/mol. The fourth-order valence-corrected chi connectivity index (χ4v) is 4.85. The Kier molecular flexibility index (Phi) is 9.28. The Labute approximate surface area is 232 Å². The molecule has 2 aromatic carbocycles. The third-order valence-corrected chi connectivity index (χ3v) is 7.22. The smallest absolute Gasteiger partial charge is 0.241 e. The van der Waals surface area contributed by atoms with Crippen LogP contribution in [0.15, 0.2) is 47.0 Å². The highest BCUT2D eigenvalue weighted by Gasteiger charge is 2.27. The molecule has 0 radical (unpaired) electrons. The zero-order valence-electron chi connectivity index (χ0n) is 24.1. The monoisotopic (exact) mass is 534 g/mol. The summed E-state index contributed by atoms with van der Waals surface area (Å²) in [5.74, 6) is 2.71. The Bertz CT molecular complexity index is 1220. The molecule has 8 nitrogen and oxygen atoms in total. The summed E-state index contributed by atoms with van der Waals surface area (Å²) in [6.45, 7) is 15.8. The van der Waals surface area contributed by atoms with Crippen LogP contribution in [0.25, 0.3) is 11.4 Å². The topological polar surface area (TPSA) is 89.7 Å². The number of carbonyl (C=O) groups is 1. The molecule has 0 saturated carbocycles. The largest absolute Gasteiger partial charge is 0.490 e. The second-order valence-corrected chi connectivity index (χ2v) is 11.2. The SMILES string of the molecule is CCOc1ccc(C(C)NC(=O)C2CCN(Cc3nc(-c4ccc(C(C)(C)C)cc4)no3)CC2)cc1OCC. The minimum Gasteiger partial charge on any atom is -0.490 e. The van der Waals surface area contributed by atoms with E-state index in [1.54, 1.807) is 0 Å². The molecule has 2 heterocycles. The van der Waals surface area contributed by atoms with Crippen molar-refractivity contribution in [3.05, 3.63) is 59.5 Å². The van der Waals surface area contributed by atoms with Crippen LogP contribution < -0.4 is 14.8 Å². The standard InChI is InChI=1S/C31H42N4O4/c1-7-37-26-14-11-24(19-27(26)38-8-2)21(3)32-30(36)23-15-17-35(18-16-23)20-28-33-29(34-39-28)22-9-12-25(13-10-22)31(4,5)6/h9-14,19,21,23H,7-8,15-18,20H2,1-6H3,(H,32,36). The van der Waals surface area contributed by atoms with E-state index in [0.29, 0.717) is 37.2 Å². The van der Waals surface area contributed by atoms with E-state index in [9.17, 15) is 4.79 Å². The molecule has 1 atom stereocenters. The van der Waals surface area contributed by atoms with Crippen LogP contribution in [0.4, 0.5) is 0 Å². The van der Waals surface area contributed by atoms with E-state index < -0.39 is 0 Å². The molecule has 3 aromatic rings. The van der Waals surface area contributed by atoms with Crippen molar-refractivity contribution in [1.29, 1.82) is 0 Å². The molecular weight excluding hydrogens is 492 g/mol. The Balaban J connectivity index is 1.27. The Hall–Kier alpha value is -3.39. The third-order valence-electron chi connectivity index (χ3n) is 7.22. The summed E-state index contributed by atoms with van der Waals surface area (Å²) in [6, 6.07) is 14.1. The summed E-state index contributed by atoms with van der Waals surface area (Å²) < 4.78 is 16.9. The highest BCUT2D eigenvalue weighted by molar-refractivity contribution is 5.79. The normalized spacial score (nSPS) is 15.6. The summed E-state index contributed by atoms with van der Waals surface area (Å²) in [5.41, 5.74) is 3.31. The lowest BCUT2D eigenvalue weighted by Crippen LogP contribution is -2.40. The summed E-state index contributed by atoms with van der Waals surface area (Å²) in [7, 11) is 0. The lowest BCUT2D eigenvalue weighted by Gasteiger charge is -2.31. The van der Waals surface area contributed by atoms with Gasteiger partial charge in [-0.05, 0) is 75.4 Å². The number of ether oxygens (including phenoxy) is 2. The van der Waals surface area contributed by atoms with Crippen LogP contribution in [0.1, 0.15) is 77.4 Å². The molecule has 1 unspecified atom stereocenters. The first-order valence-electron chi connectivity index (χ1n) is 14.0. The summed E-state index contributed by atoms with van der Waals surface area (Å²) >= 11 is 0. The molecule has 1 N–H and O–H groups in total. The van der Waals surface area contributed by atoms with Crippen molar-refractivity contribution in [3.63, 3.8) is 0 Å². The minimum absolute atomic E-state index is 0.0164. The van der Waals surface area contributed by atoms with Crippen LogP contribution in [0.3, 0.4) is 0 Å². The van der Waals surface area contributed by atoms with E-state index in [2.05, 4.69) is 53.3 Å². The highest BCUT2D eigenvalue weighted by atomic mass is 16.5. The molecule has 0 bridgehead atoms. The highest BCUT2D eigenvalue weighted by Crippen LogP contribution is 2.31. The van der Waals surface area contributed by atoms with Crippen LogP contribution in [0.5, 0.6) is 11.5 Å². The van der Waals surface area contributed by atoms with Gasteiger partial charge in [-0.15, -0.1) is 0 Å². The van der Waals surface area contributed by atoms with Crippen LogP contribution in [-0.4, -0.2) is 47.3 Å². The lowest BCUT2D eigenvalue weighted by molar-refractivity contribution is -0.127. The first kappa shape index (κ1) is 28.6. The first-order chi connectivity index (χ1) is 18.7. The molecule has 4 rings (SSSR count).